The van der Waals surface area contributed by atoms with Crippen molar-refractivity contribution in [2.24, 2.45) is 5.41 Å². The highest BCUT2D eigenvalue weighted by Crippen LogP contribution is 2.30. The number of benzene rings is 1. The number of aliphatic hydroxyl groups is 1. The van der Waals surface area contributed by atoms with Gasteiger partial charge in [0.1, 0.15) is 5.82 Å². The zero-order chi connectivity index (χ0) is 11.6. The average Bonchev–Trinajstić information content (AvgIpc) is 1.99. The number of halogens is 1. The average molecular weight is 210 g/mol. The molecule has 0 aliphatic carbocycles. The van der Waals surface area contributed by atoms with E-state index in [0.29, 0.717) is 6.42 Å². The Labute approximate surface area is 90.9 Å². The molecule has 0 amide bonds. The highest BCUT2D eigenvalue weighted by atomic mass is 19.1. The summed E-state index contributed by atoms with van der Waals surface area (Å²) in [7, 11) is 0. The number of aliphatic hydroxyl groups excluding tert-OH is 1. The molecule has 1 nitrogen and oxygen atoms in total. The molecule has 0 saturated heterocycles. The molecule has 0 fully saturated rings. The smallest absolute Gasteiger partial charge is 0.123 e. The first-order chi connectivity index (χ1) is 6.79. The van der Waals surface area contributed by atoms with Crippen molar-refractivity contribution in [2.75, 3.05) is 0 Å². The summed E-state index contributed by atoms with van der Waals surface area (Å²) in [4.78, 5) is 0. The van der Waals surface area contributed by atoms with Gasteiger partial charge < -0.3 is 5.11 Å². The predicted molar refractivity (Wildman–Crippen MR) is 60.2 cm³/mol. The predicted octanol–water partition coefficient (Wildman–Crippen LogP) is 3.60. The molecule has 0 spiro atoms. The van der Waals surface area contributed by atoms with Gasteiger partial charge in [0.05, 0.1) is 6.10 Å². The topological polar surface area (TPSA) is 20.2 Å². The zero-order valence-corrected chi connectivity index (χ0v) is 9.84. The van der Waals surface area contributed by atoms with Crippen LogP contribution in [0.4, 0.5) is 4.39 Å². The Hall–Kier alpha value is -0.890. The van der Waals surface area contributed by atoms with Gasteiger partial charge in [-0.1, -0.05) is 26.8 Å². The van der Waals surface area contributed by atoms with Crippen molar-refractivity contribution in [3.63, 3.8) is 0 Å². The van der Waals surface area contributed by atoms with Crippen molar-refractivity contribution in [1.29, 1.82) is 0 Å². The largest absolute Gasteiger partial charge is 0.388 e. The summed E-state index contributed by atoms with van der Waals surface area (Å²) in [6, 6.07) is 4.52. The molecule has 2 heteroatoms. The normalized spacial score (nSPS) is 14.0. The van der Waals surface area contributed by atoms with Gasteiger partial charge in [-0.2, -0.15) is 0 Å². The van der Waals surface area contributed by atoms with Crippen LogP contribution < -0.4 is 0 Å². The SMILES string of the molecule is Cc1cc(F)ccc1C(O)CC(C)(C)C. The van der Waals surface area contributed by atoms with Crippen molar-refractivity contribution in [3.8, 4) is 0 Å². The molecule has 1 aromatic rings. The standard InChI is InChI=1S/C13H19FO/c1-9-7-10(14)5-6-11(9)12(15)8-13(2,3)4/h5-7,12,15H,8H2,1-4H3. The third-order valence-corrected chi connectivity index (χ3v) is 2.40. The number of hydrogen-bond acceptors (Lipinski definition) is 1. The van der Waals surface area contributed by atoms with Crippen molar-refractivity contribution in [2.45, 2.75) is 40.2 Å². The Morgan fingerprint density at radius 2 is 1.93 bits per heavy atom. The Bertz CT molecular complexity index is 339. The molecule has 84 valence electrons. The van der Waals surface area contributed by atoms with Gasteiger partial charge in [-0.05, 0) is 42.0 Å². The van der Waals surface area contributed by atoms with E-state index in [9.17, 15) is 9.50 Å². The Kier molecular flexibility index (Phi) is 3.50. The fourth-order valence-electron chi connectivity index (χ4n) is 1.70. The highest BCUT2D eigenvalue weighted by molar-refractivity contribution is 5.28. The number of hydrogen-bond donors (Lipinski definition) is 1. The van der Waals surface area contributed by atoms with Gasteiger partial charge in [-0.15, -0.1) is 0 Å². The Morgan fingerprint density at radius 3 is 2.40 bits per heavy atom. The lowest BCUT2D eigenvalue weighted by Crippen LogP contribution is -2.12. The van der Waals surface area contributed by atoms with E-state index in [0.717, 1.165) is 11.1 Å². The summed E-state index contributed by atoms with van der Waals surface area (Å²) in [5.74, 6) is -0.251. The van der Waals surface area contributed by atoms with Crippen LogP contribution in [0.2, 0.25) is 0 Å². The highest BCUT2D eigenvalue weighted by Gasteiger charge is 2.19. The Balaban J connectivity index is 2.87. The molecule has 15 heavy (non-hydrogen) atoms. The van der Waals surface area contributed by atoms with Gasteiger partial charge in [-0.3, -0.25) is 0 Å². The molecular weight excluding hydrogens is 191 g/mol. The van der Waals surface area contributed by atoms with E-state index in [1.54, 1.807) is 6.07 Å². The molecule has 0 saturated carbocycles. The van der Waals surface area contributed by atoms with Crippen molar-refractivity contribution >= 4 is 0 Å². The van der Waals surface area contributed by atoms with Gasteiger partial charge in [0.2, 0.25) is 0 Å². The maximum atomic E-state index is 12.9. The van der Waals surface area contributed by atoms with Crippen LogP contribution in [0.15, 0.2) is 18.2 Å². The number of aryl methyl sites for hydroxylation is 1. The Morgan fingerprint density at radius 1 is 1.33 bits per heavy atom. The summed E-state index contributed by atoms with van der Waals surface area (Å²) >= 11 is 0. The van der Waals surface area contributed by atoms with Crippen LogP contribution in [-0.4, -0.2) is 5.11 Å². The lowest BCUT2D eigenvalue weighted by atomic mass is 9.86. The van der Waals surface area contributed by atoms with E-state index in [-0.39, 0.29) is 11.2 Å². The minimum Gasteiger partial charge on any atom is -0.388 e. The first-order valence-electron chi connectivity index (χ1n) is 5.24. The number of rotatable bonds is 2. The van der Waals surface area contributed by atoms with Crippen LogP contribution >= 0.6 is 0 Å². The summed E-state index contributed by atoms with van der Waals surface area (Å²) < 4.78 is 12.9. The molecule has 0 aliphatic heterocycles. The van der Waals surface area contributed by atoms with Crippen molar-refractivity contribution in [3.05, 3.63) is 35.1 Å². The van der Waals surface area contributed by atoms with E-state index in [2.05, 4.69) is 20.8 Å². The second-order valence-electron chi connectivity index (χ2n) is 5.28. The first-order valence-corrected chi connectivity index (χ1v) is 5.24. The third kappa shape index (κ3) is 3.63. The van der Waals surface area contributed by atoms with Gasteiger partial charge in [0, 0.05) is 0 Å². The monoisotopic (exact) mass is 210 g/mol. The molecule has 0 aliphatic rings. The fourth-order valence-corrected chi connectivity index (χ4v) is 1.70. The van der Waals surface area contributed by atoms with Crippen LogP contribution in [-0.2, 0) is 0 Å². The van der Waals surface area contributed by atoms with Gasteiger partial charge >= 0.3 is 0 Å². The second kappa shape index (κ2) is 4.31. The summed E-state index contributed by atoms with van der Waals surface area (Å²) in [6.45, 7) is 8.06. The van der Waals surface area contributed by atoms with E-state index in [4.69, 9.17) is 0 Å². The van der Waals surface area contributed by atoms with E-state index in [1.165, 1.54) is 12.1 Å². The maximum absolute atomic E-state index is 12.9. The van der Waals surface area contributed by atoms with Crippen LogP contribution in [0, 0.1) is 18.2 Å². The van der Waals surface area contributed by atoms with Gasteiger partial charge in [-0.25, -0.2) is 4.39 Å². The minimum atomic E-state index is -0.509. The zero-order valence-electron chi connectivity index (χ0n) is 9.84. The van der Waals surface area contributed by atoms with Gasteiger partial charge in [0.15, 0.2) is 0 Å². The molecule has 0 bridgehead atoms. The summed E-state index contributed by atoms with van der Waals surface area (Å²) in [5.41, 5.74) is 1.71. The minimum absolute atomic E-state index is 0.0697. The third-order valence-electron chi connectivity index (χ3n) is 2.40. The van der Waals surface area contributed by atoms with E-state index in [1.807, 2.05) is 6.92 Å². The van der Waals surface area contributed by atoms with Crippen LogP contribution in [0.5, 0.6) is 0 Å². The summed E-state index contributed by atoms with van der Waals surface area (Å²) in [5, 5.41) is 10.0. The lowest BCUT2D eigenvalue weighted by molar-refractivity contribution is 0.121. The van der Waals surface area contributed by atoms with Crippen LogP contribution in [0.25, 0.3) is 0 Å². The van der Waals surface area contributed by atoms with E-state index < -0.39 is 6.10 Å². The molecule has 0 aromatic heterocycles. The molecule has 0 radical (unpaired) electrons. The van der Waals surface area contributed by atoms with Gasteiger partial charge in [0.25, 0.3) is 0 Å². The first kappa shape index (κ1) is 12.2. The van der Waals surface area contributed by atoms with Crippen LogP contribution in [0.1, 0.15) is 44.4 Å². The molecule has 1 unspecified atom stereocenters. The van der Waals surface area contributed by atoms with Crippen LogP contribution in [0.3, 0.4) is 0 Å². The molecule has 1 N–H and O–H groups in total. The summed E-state index contributed by atoms with van der Waals surface area (Å²) in [6.07, 6.45) is 0.171. The maximum Gasteiger partial charge on any atom is 0.123 e. The second-order valence-corrected chi connectivity index (χ2v) is 5.28. The molecule has 1 rings (SSSR count). The fraction of sp³-hybridized carbons (Fsp3) is 0.538. The van der Waals surface area contributed by atoms with Crippen molar-refractivity contribution in [1.82, 2.24) is 0 Å². The molecule has 0 heterocycles. The van der Waals surface area contributed by atoms with Crippen molar-refractivity contribution < 1.29 is 9.50 Å². The molecule has 1 aromatic carbocycles. The molecular formula is C13H19FO. The lowest BCUT2D eigenvalue weighted by Gasteiger charge is -2.23. The van der Waals surface area contributed by atoms with E-state index >= 15 is 0 Å². The molecule has 1 atom stereocenters. The quantitative estimate of drug-likeness (QED) is 0.790.